The van der Waals surface area contributed by atoms with Gasteiger partial charge in [-0.15, -0.1) is 11.3 Å². The third kappa shape index (κ3) is 2.71. The lowest BCUT2D eigenvalue weighted by Gasteiger charge is -2.05. The zero-order valence-electron chi connectivity index (χ0n) is 9.91. The van der Waals surface area contributed by atoms with Crippen molar-refractivity contribution in [1.29, 1.82) is 0 Å². The number of aromatic hydroxyl groups is 1. The van der Waals surface area contributed by atoms with E-state index in [0.29, 0.717) is 11.0 Å². The maximum absolute atomic E-state index is 12.1. The number of aromatic nitrogens is 1. The molecule has 0 saturated heterocycles. The summed E-state index contributed by atoms with van der Waals surface area (Å²) >= 11 is 1.28. The molecule has 2 N–H and O–H groups in total. The Labute approximate surface area is 115 Å². The fourth-order valence-electron chi connectivity index (χ4n) is 1.72. The van der Waals surface area contributed by atoms with Gasteiger partial charge in [-0.1, -0.05) is 6.07 Å². The van der Waals surface area contributed by atoms with E-state index in [0.717, 1.165) is 18.5 Å². The SMILES string of the molecule is O=S(=O)(Nc1nc(C2CC2)cs1)c1cccc(O)c1. The topological polar surface area (TPSA) is 79.3 Å². The van der Waals surface area contributed by atoms with Gasteiger partial charge in [0.2, 0.25) is 0 Å². The van der Waals surface area contributed by atoms with Crippen molar-refractivity contribution in [2.75, 3.05) is 4.72 Å². The molecule has 7 heteroatoms. The van der Waals surface area contributed by atoms with Crippen LogP contribution in [0.15, 0.2) is 34.5 Å². The summed E-state index contributed by atoms with van der Waals surface area (Å²) in [6.07, 6.45) is 2.25. The van der Waals surface area contributed by atoms with Gasteiger partial charge < -0.3 is 5.11 Å². The van der Waals surface area contributed by atoms with Gasteiger partial charge in [0.15, 0.2) is 5.13 Å². The first-order valence-electron chi connectivity index (χ1n) is 5.82. The molecule has 0 aliphatic heterocycles. The highest BCUT2D eigenvalue weighted by Crippen LogP contribution is 2.41. The second-order valence-corrected chi connectivity index (χ2v) is 7.00. The van der Waals surface area contributed by atoms with Crippen LogP contribution in [0.1, 0.15) is 24.5 Å². The smallest absolute Gasteiger partial charge is 0.263 e. The first-order valence-corrected chi connectivity index (χ1v) is 8.18. The Hall–Kier alpha value is -1.60. The van der Waals surface area contributed by atoms with Gasteiger partial charge in [-0.2, -0.15) is 0 Å². The Kier molecular flexibility index (Phi) is 2.94. The van der Waals surface area contributed by atoms with Crippen molar-refractivity contribution in [3.8, 4) is 5.75 Å². The standard InChI is InChI=1S/C12H12N2O3S2/c15-9-2-1-3-10(6-9)19(16,17)14-12-13-11(7-18-12)8-4-5-8/h1-3,6-8,15H,4-5H2,(H,13,14). The summed E-state index contributed by atoms with van der Waals surface area (Å²) in [4.78, 5) is 4.29. The molecular formula is C12H12N2O3S2. The van der Waals surface area contributed by atoms with Crippen LogP contribution in [0.2, 0.25) is 0 Å². The maximum atomic E-state index is 12.1. The average Bonchev–Trinajstić information content (AvgIpc) is 3.11. The van der Waals surface area contributed by atoms with Crippen molar-refractivity contribution >= 4 is 26.5 Å². The van der Waals surface area contributed by atoms with Crippen molar-refractivity contribution in [1.82, 2.24) is 4.98 Å². The van der Waals surface area contributed by atoms with Gasteiger partial charge in [-0.25, -0.2) is 13.4 Å². The quantitative estimate of drug-likeness (QED) is 0.908. The Bertz CT molecular complexity index is 705. The monoisotopic (exact) mass is 296 g/mol. The molecule has 2 aromatic rings. The molecular weight excluding hydrogens is 284 g/mol. The molecule has 1 fully saturated rings. The number of thiazole rings is 1. The van der Waals surface area contributed by atoms with E-state index >= 15 is 0 Å². The highest BCUT2D eigenvalue weighted by atomic mass is 32.2. The molecule has 0 atom stereocenters. The van der Waals surface area contributed by atoms with Crippen LogP contribution >= 0.6 is 11.3 Å². The third-order valence-electron chi connectivity index (χ3n) is 2.87. The van der Waals surface area contributed by atoms with Crippen LogP contribution in [-0.2, 0) is 10.0 Å². The molecule has 100 valence electrons. The van der Waals surface area contributed by atoms with Gasteiger partial charge in [0.1, 0.15) is 5.75 Å². The van der Waals surface area contributed by atoms with E-state index in [-0.39, 0.29) is 10.6 Å². The predicted octanol–water partition coefficient (Wildman–Crippen LogP) is 2.53. The molecule has 0 amide bonds. The van der Waals surface area contributed by atoms with E-state index in [9.17, 15) is 13.5 Å². The van der Waals surface area contributed by atoms with E-state index in [1.165, 1.54) is 35.6 Å². The van der Waals surface area contributed by atoms with E-state index in [1.807, 2.05) is 5.38 Å². The Balaban J connectivity index is 1.84. The molecule has 3 rings (SSSR count). The highest BCUT2D eigenvalue weighted by molar-refractivity contribution is 7.93. The maximum Gasteiger partial charge on any atom is 0.263 e. The number of anilines is 1. The normalized spacial score (nSPS) is 15.4. The summed E-state index contributed by atoms with van der Waals surface area (Å²) in [6.45, 7) is 0. The minimum Gasteiger partial charge on any atom is -0.508 e. The van der Waals surface area contributed by atoms with Gasteiger partial charge in [0.25, 0.3) is 10.0 Å². The summed E-state index contributed by atoms with van der Waals surface area (Å²) in [5, 5.41) is 11.6. The Morgan fingerprint density at radius 2 is 2.16 bits per heavy atom. The molecule has 1 aromatic heterocycles. The van der Waals surface area contributed by atoms with Crippen LogP contribution in [0.3, 0.4) is 0 Å². The molecule has 1 aliphatic carbocycles. The highest BCUT2D eigenvalue weighted by Gasteiger charge is 2.26. The molecule has 1 aliphatic rings. The number of phenolic OH excluding ortho intramolecular Hbond substituents is 1. The Morgan fingerprint density at radius 3 is 2.84 bits per heavy atom. The number of phenols is 1. The van der Waals surface area contributed by atoms with Crippen LogP contribution in [0, 0.1) is 0 Å². The van der Waals surface area contributed by atoms with Gasteiger partial charge in [-0.05, 0) is 25.0 Å². The number of hydrogen-bond acceptors (Lipinski definition) is 5. The summed E-state index contributed by atoms with van der Waals surface area (Å²) in [5.74, 6) is 0.413. The number of sulfonamides is 1. The first kappa shape index (κ1) is 12.4. The molecule has 0 radical (unpaired) electrons. The lowest BCUT2D eigenvalue weighted by molar-refractivity contribution is 0.473. The van der Waals surface area contributed by atoms with Gasteiger partial charge >= 0.3 is 0 Å². The number of nitrogens with zero attached hydrogens (tertiary/aromatic N) is 1. The van der Waals surface area contributed by atoms with E-state index in [1.54, 1.807) is 0 Å². The molecule has 1 heterocycles. The number of hydrogen-bond donors (Lipinski definition) is 2. The van der Waals surface area contributed by atoms with Crippen LogP contribution in [0.4, 0.5) is 5.13 Å². The van der Waals surface area contributed by atoms with E-state index in [4.69, 9.17) is 0 Å². The summed E-state index contributed by atoms with van der Waals surface area (Å²) in [6, 6.07) is 5.55. The lowest BCUT2D eigenvalue weighted by atomic mass is 10.3. The van der Waals surface area contributed by atoms with E-state index in [2.05, 4.69) is 9.71 Å². The van der Waals surface area contributed by atoms with Crippen molar-refractivity contribution in [3.63, 3.8) is 0 Å². The second-order valence-electron chi connectivity index (χ2n) is 4.45. The minimum atomic E-state index is -3.69. The van der Waals surface area contributed by atoms with Crippen LogP contribution in [-0.4, -0.2) is 18.5 Å². The van der Waals surface area contributed by atoms with Crippen LogP contribution in [0.5, 0.6) is 5.75 Å². The molecule has 19 heavy (non-hydrogen) atoms. The van der Waals surface area contributed by atoms with E-state index < -0.39 is 10.0 Å². The minimum absolute atomic E-state index is 0.0238. The average molecular weight is 296 g/mol. The Morgan fingerprint density at radius 1 is 1.37 bits per heavy atom. The summed E-state index contributed by atoms with van der Waals surface area (Å²) in [5.41, 5.74) is 0.957. The number of nitrogens with one attached hydrogen (secondary N) is 1. The molecule has 5 nitrogen and oxygen atoms in total. The zero-order valence-corrected chi connectivity index (χ0v) is 11.5. The summed E-state index contributed by atoms with van der Waals surface area (Å²) in [7, 11) is -3.69. The largest absolute Gasteiger partial charge is 0.508 e. The predicted molar refractivity (Wildman–Crippen MR) is 73.0 cm³/mol. The fourth-order valence-corrected chi connectivity index (χ4v) is 3.81. The molecule has 0 bridgehead atoms. The number of rotatable bonds is 4. The summed E-state index contributed by atoms with van der Waals surface area (Å²) < 4.78 is 26.6. The van der Waals surface area contributed by atoms with Crippen molar-refractivity contribution < 1.29 is 13.5 Å². The lowest BCUT2D eigenvalue weighted by Crippen LogP contribution is -2.12. The number of benzene rings is 1. The third-order valence-corrected chi connectivity index (χ3v) is 5.11. The van der Waals surface area contributed by atoms with Gasteiger partial charge in [-0.3, -0.25) is 4.72 Å². The molecule has 0 unspecified atom stereocenters. The molecule has 1 aromatic carbocycles. The fraction of sp³-hybridized carbons (Fsp3) is 0.250. The zero-order chi connectivity index (χ0) is 13.5. The van der Waals surface area contributed by atoms with Gasteiger partial charge in [0, 0.05) is 17.4 Å². The molecule has 0 spiro atoms. The first-order chi connectivity index (χ1) is 9.04. The second kappa shape index (κ2) is 4.50. The van der Waals surface area contributed by atoms with Crippen molar-refractivity contribution in [3.05, 3.63) is 35.3 Å². The van der Waals surface area contributed by atoms with Gasteiger partial charge in [0.05, 0.1) is 10.6 Å². The van der Waals surface area contributed by atoms with Crippen molar-refractivity contribution in [2.24, 2.45) is 0 Å². The molecule has 1 saturated carbocycles. The van der Waals surface area contributed by atoms with Crippen LogP contribution < -0.4 is 4.72 Å². The van der Waals surface area contributed by atoms with Crippen molar-refractivity contribution in [2.45, 2.75) is 23.7 Å². The van der Waals surface area contributed by atoms with Crippen LogP contribution in [0.25, 0.3) is 0 Å².